The SMILES string of the molecule is O=C(NCc1cccc(OCC(F)(F)F)c1)[C@@H]1CC(=O)N(C2CC2)C1. The molecule has 1 saturated heterocycles. The fraction of sp³-hybridized carbons (Fsp3) is 0.529. The number of nitrogens with zero attached hydrogens (tertiary/aromatic N) is 1. The van der Waals surface area contributed by atoms with Crippen LogP contribution in [-0.2, 0) is 16.1 Å². The molecule has 2 aliphatic rings. The van der Waals surface area contributed by atoms with E-state index in [0.29, 0.717) is 18.2 Å². The predicted molar refractivity (Wildman–Crippen MR) is 82.7 cm³/mol. The number of ether oxygens (including phenoxy) is 1. The quantitative estimate of drug-likeness (QED) is 0.851. The molecule has 2 amide bonds. The van der Waals surface area contributed by atoms with Crippen LogP contribution in [-0.4, -0.2) is 42.1 Å². The predicted octanol–water partition coefficient (Wildman–Crippen LogP) is 2.25. The second-order valence-corrected chi connectivity index (χ2v) is 6.45. The van der Waals surface area contributed by atoms with E-state index in [1.54, 1.807) is 17.0 Å². The van der Waals surface area contributed by atoms with E-state index < -0.39 is 12.8 Å². The van der Waals surface area contributed by atoms with Gasteiger partial charge in [0, 0.05) is 25.6 Å². The third-order valence-electron chi connectivity index (χ3n) is 4.28. The zero-order valence-electron chi connectivity index (χ0n) is 13.5. The van der Waals surface area contributed by atoms with Gasteiger partial charge >= 0.3 is 6.18 Å². The second-order valence-electron chi connectivity index (χ2n) is 6.45. The van der Waals surface area contributed by atoms with Gasteiger partial charge in [-0.05, 0) is 30.5 Å². The van der Waals surface area contributed by atoms with Crippen LogP contribution in [0.4, 0.5) is 13.2 Å². The van der Waals surface area contributed by atoms with Crippen molar-refractivity contribution in [2.24, 2.45) is 5.92 Å². The van der Waals surface area contributed by atoms with Crippen LogP contribution < -0.4 is 10.1 Å². The van der Waals surface area contributed by atoms with Crippen LogP contribution in [0.25, 0.3) is 0 Å². The monoisotopic (exact) mass is 356 g/mol. The molecule has 136 valence electrons. The highest BCUT2D eigenvalue weighted by molar-refractivity contribution is 5.89. The second kappa shape index (κ2) is 6.93. The summed E-state index contributed by atoms with van der Waals surface area (Å²) in [5.74, 6) is -0.457. The summed E-state index contributed by atoms with van der Waals surface area (Å²) in [5.41, 5.74) is 0.636. The normalized spacial score (nSPS) is 20.7. The molecule has 5 nitrogen and oxygen atoms in total. The van der Waals surface area contributed by atoms with Crippen molar-refractivity contribution in [1.29, 1.82) is 0 Å². The lowest BCUT2D eigenvalue weighted by Gasteiger charge is -2.15. The van der Waals surface area contributed by atoms with Crippen LogP contribution >= 0.6 is 0 Å². The Hall–Kier alpha value is -2.25. The van der Waals surface area contributed by atoms with E-state index >= 15 is 0 Å². The smallest absolute Gasteiger partial charge is 0.422 e. The van der Waals surface area contributed by atoms with Crippen LogP contribution in [0.5, 0.6) is 5.75 Å². The summed E-state index contributed by atoms with van der Waals surface area (Å²) in [5, 5.41) is 2.75. The number of amides is 2. The lowest BCUT2D eigenvalue weighted by atomic mass is 10.1. The number of likely N-dealkylation sites (tertiary alicyclic amines) is 1. The molecule has 1 aromatic rings. The average Bonchev–Trinajstić information content (AvgIpc) is 3.32. The zero-order chi connectivity index (χ0) is 18.0. The number of carbonyl (C=O) groups is 2. The number of nitrogens with one attached hydrogen (secondary N) is 1. The molecule has 25 heavy (non-hydrogen) atoms. The molecule has 0 aromatic heterocycles. The molecule has 8 heteroatoms. The number of halogens is 3. The van der Waals surface area contributed by atoms with Crippen LogP contribution in [0.1, 0.15) is 24.8 Å². The minimum absolute atomic E-state index is 0.0187. The fourth-order valence-electron chi connectivity index (χ4n) is 2.89. The first-order valence-corrected chi connectivity index (χ1v) is 8.17. The Balaban J connectivity index is 1.49. The lowest BCUT2D eigenvalue weighted by Crippen LogP contribution is -2.33. The van der Waals surface area contributed by atoms with Crippen molar-refractivity contribution in [3.63, 3.8) is 0 Å². The lowest BCUT2D eigenvalue weighted by molar-refractivity contribution is -0.153. The van der Waals surface area contributed by atoms with Crippen molar-refractivity contribution in [2.75, 3.05) is 13.2 Å². The van der Waals surface area contributed by atoms with Crippen LogP contribution in [0.15, 0.2) is 24.3 Å². The molecule has 2 fully saturated rings. The van der Waals surface area contributed by atoms with Gasteiger partial charge in [-0.25, -0.2) is 0 Å². The summed E-state index contributed by atoms with van der Waals surface area (Å²) in [7, 11) is 0. The number of hydrogen-bond donors (Lipinski definition) is 1. The highest BCUT2D eigenvalue weighted by Crippen LogP contribution is 2.32. The van der Waals surface area contributed by atoms with Gasteiger partial charge in [-0.2, -0.15) is 13.2 Å². The van der Waals surface area contributed by atoms with Crippen LogP contribution in [0, 0.1) is 5.92 Å². The Morgan fingerprint density at radius 3 is 2.76 bits per heavy atom. The number of hydrogen-bond acceptors (Lipinski definition) is 3. The Labute approximate surface area is 143 Å². The van der Waals surface area contributed by atoms with E-state index in [1.807, 2.05) is 0 Å². The van der Waals surface area contributed by atoms with Crippen molar-refractivity contribution >= 4 is 11.8 Å². The molecule has 3 rings (SSSR count). The van der Waals surface area contributed by atoms with Crippen LogP contribution in [0.3, 0.4) is 0 Å². The van der Waals surface area contributed by atoms with E-state index in [2.05, 4.69) is 5.32 Å². The Kier molecular flexibility index (Phi) is 4.87. The highest BCUT2D eigenvalue weighted by atomic mass is 19.4. The van der Waals surface area contributed by atoms with Crippen molar-refractivity contribution in [1.82, 2.24) is 10.2 Å². The summed E-state index contributed by atoms with van der Waals surface area (Å²) >= 11 is 0. The number of benzene rings is 1. The van der Waals surface area contributed by atoms with Crippen molar-refractivity contribution in [3.05, 3.63) is 29.8 Å². The van der Waals surface area contributed by atoms with Crippen molar-refractivity contribution in [3.8, 4) is 5.75 Å². The molecule has 0 unspecified atom stereocenters. The van der Waals surface area contributed by atoms with Gasteiger partial charge < -0.3 is 15.0 Å². The molecule has 1 saturated carbocycles. The Morgan fingerprint density at radius 1 is 1.32 bits per heavy atom. The summed E-state index contributed by atoms with van der Waals surface area (Å²) in [4.78, 5) is 25.9. The maximum Gasteiger partial charge on any atom is 0.422 e. The van der Waals surface area contributed by atoms with E-state index in [9.17, 15) is 22.8 Å². The van der Waals surface area contributed by atoms with Gasteiger partial charge in [0.2, 0.25) is 11.8 Å². The van der Waals surface area contributed by atoms with Gasteiger partial charge in [0.05, 0.1) is 5.92 Å². The first kappa shape index (κ1) is 17.6. The minimum atomic E-state index is -4.40. The number of rotatable bonds is 6. The van der Waals surface area contributed by atoms with E-state index in [1.165, 1.54) is 12.1 Å². The molecule has 1 heterocycles. The molecular formula is C17H19F3N2O3. The topological polar surface area (TPSA) is 58.6 Å². The van der Waals surface area contributed by atoms with E-state index in [-0.39, 0.29) is 36.4 Å². The average molecular weight is 356 g/mol. The number of alkyl halides is 3. The fourth-order valence-corrected chi connectivity index (χ4v) is 2.89. The largest absolute Gasteiger partial charge is 0.484 e. The molecule has 1 N–H and O–H groups in total. The third kappa shape index (κ3) is 4.87. The van der Waals surface area contributed by atoms with Crippen molar-refractivity contribution in [2.45, 2.75) is 38.0 Å². The molecule has 0 radical (unpaired) electrons. The highest BCUT2D eigenvalue weighted by Gasteiger charge is 2.41. The Morgan fingerprint density at radius 2 is 2.08 bits per heavy atom. The first-order valence-electron chi connectivity index (χ1n) is 8.17. The first-order chi connectivity index (χ1) is 11.8. The van der Waals surface area contributed by atoms with Gasteiger partial charge in [0.15, 0.2) is 6.61 Å². The number of carbonyl (C=O) groups excluding carboxylic acids is 2. The standard InChI is InChI=1S/C17H19F3N2O3/c18-17(19,20)10-25-14-3-1-2-11(6-14)8-21-16(24)12-7-15(23)22(9-12)13-4-5-13/h1-3,6,12-13H,4-5,7-10H2,(H,21,24)/t12-/m1/s1. The third-order valence-corrected chi connectivity index (χ3v) is 4.28. The minimum Gasteiger partial charge on any atom is -0.484 e. The molecule has 1 aromatic carbocycles. The van der Waals surface area contributed by atoms with Crippen LogP contribution in [0.2, 0.25) is 0 Å². The van der Waals surface area contributed by atoms with E-state index in [4.69, 9.17) is 4.74 Å². The molecule has 1 atom stereocenters. The molecule has 0 spiro atoms. The maximum absolute atomic E-state index is 12.2. The summed E-state index contributed by atoms with van der Waals surface area (Å²) in [6, 6.07) is 6.45. The van der Waals surface area contributed by atoms with Crippen molar-refractivity contribution < 1.29 is 27.5 Å². The van der Waals surface area contributed by atoms with Gasteiger partial charge in [-0.15, -0.1) is 0 Å². The van der Waals surface area contributed by atoms with Gasteiger partial charge in [0.1, 0.15) is 5.75 Å². The molecule has 1 aliphatic carbocycles. The van der Waals surface area contributed by atoms with Gasteiger partial charge in [-0.3, -0.25) is 9.59 Å². The summed E-state index contributed by atoms with van der Waals surface area (Å²) in [6.45, 7) is -0.732. The summed E-state index contributed by atoms with van der Waals surface area (Å²) in [6.07, 6.45) is -2.17. The molecule has 1 aliphatic heterocycles. The molecular weight excluding hydrogens is 337 g/mol. The Bertz CT molecular complexity index is 659. The zero-order valence-corrected chi connectivity index (χ0v) is 13.5. The maximum atomic E-state index is 12.2. The van der Waals surface area contributed by atoms with Gasteiger partial charge in [0.25, 0.3) is 0 Å². The summed E-state index contributed by atoms with van der Waals surface area (Å²) < 4.78 is 41.2. The van der Waals surface area contributed by atoms with Gasteiger partial charge in [-0.1, -0.05) is 12.1 Å². The van der Waals surface area contributed by atoms with E-state index in [0.717, 1.165) is 12.8 Å². The molecule has 0 bridgehead atoms.